The molecule has 1 atom stereocenters. The Labute approximate surface area is 157 Å². The van der Waals surface area contributed by atoms with E-state index >= 15 is 0 Å². The van der Waals surface area contributed by atoms with Crippen molar-refractivity contribution in [3.8, 4) is 17.2 Å². The van der Waals surface area contributed by atoms with Crippen LogP contribution in [0.3, 0.4) is 0 Å². The second kappa shape index (κ2) is 6.79. The van der Waals surface area contributed by atoms with Gasteiger partial charge in [-0.15, -0.1) is 0 Å². The van der Waals surface area contributed by atoms with Crippen molar-refractivity contribution < 1.29 is 14.3 Å². The number of hydrogen-bond acceptors (Lipinski definition) is 4. The number of nitrogens with one attached hydrogen (secondary N) is 1. The average molecular weight is 363 g/mol. The molecule has 1 amide bonds. The van der Waals surface area contributed by atoms with Crippen LogP contribution in [0.5, 0.6) is 11.5 Å². The van der Waals surface area contributed by atoms with E-state index in [9.17, 15) is 4.79 Å². The summed E-state index contributed by atoms with van der Waals surface area (Å²) in [7, 11) is 3.22. The highest BCUT2D eigenvalue weighted by molar-refractivity contribution is 5.95. The fourth-order valence-corrected chi connectivity index (χ4v) is 3.66. The Morgan fingerprint density at radius 1 is 1.07 bits per heavy atom. The Kier molecular flexibility index (Phi) is 4.32. The van der Waals surface area contributed by atoms with Crippen molar-refractivity contribution in [3.05, 3.63) is 65.4 Å². The summed E-state index contributed by atoms with van der Waals surface area (Å²) in [6.45, 7) is 1.98. The normalized spacial score (nSPS) is 15.8. The lowest BCUT2D eigenvalue weighted by atomic mass is 9.85. The molecule has 0 aliphatic carbocycles. The zero-order valence-electron chi connectivity index (χ0n) is 15.5. The van der Waals surface area contributed by atoms with Gasteiger partial charge in [-0.3, -0.25) is 4.79 Å². The molecular weight excluding hydrogens is 342 g/mol. The molecule has 0 bridgehead atoms. The number of ether oxygens (including phenoxy) is 2. The van der Waals surface area contributed by atoms with Crippen LogP contribution >= 0.6 is 0 Å². The van der Waals surface area contributed by atoms with Crippen LogP contribution in [0.1, 0.15) is 29.2 Å². The standard InChI is InChI=1S/C21H21N3O3/c1-13-20-16(14-9-10-17(26-2)18(11-14)27-3)12-19(25)22-21(20)24(23-13)15-7-5-4-6-8-15/h4-11,16H,12H2,1-3H3,(H,22,25). The maximum atomic E-state index is 12.5. The summed E-state index contributed by atoms with van der Waals surface area (Å²) >= 11 is 0. The minimum atomic E-state index is -0.0916. The van der Waals surface area contributed by atoms with Gasteiger partial charge in [0, 0.05) is 17.9 Å². The molecule has 0 radical (unpaired) electrons. The largest absolute Gasteiger partial charge is 0.493 e. The summed E-state index contributed by atoms with van der Waals surface area (Å²) in [6.07, 6.45) is 0.365. The third-order valence-electron chi connectivity index (χ3n) is 4.91. The van der Waals surface area contributed by atoms with Crippen LogP contribution in [0.15, 0.2) is 48.5 Å². The molecule has 1 aliphatic rings. The summed E-state index contributed by atoms with van der Waals surface area (Å²) < 4.78 is 12.6. The third kappa shape index (κ3) is 2.93. The van der Waals surface area contributed by atoms with Crippen molar-refractivity contribution in [1.29, 1.82) is 0 Å². The van der Waals surface area contributed by atoms with E-state index in [4.69, 9.17) is 14.6 Å². The molecule has 138 valence electrons. The van der Waals surface area contributed by atoms with Crippen LogP contribution in [-0.4, -0.2) is 29.9 Å². The summed E-state index contributed by atoms with van der Waals surface area (Å²) in [4.78, 5) is 12.5. The van der Waals surface area contributed by atoms with E-state index in [0.29, 0.717) is 17.9 Å². The monoisotopic (exact) mass is 363 g/mol. The number of amides is 1. The van der Waals surface area contributed by atoms with Crippen molar-refractivity contribution in [3.63, 3.8) is 0 Å². The second-order valence-electron chi connectivity index (χ2n) is 6.51. The first-order valence-electron chi connectivity index (χ1n) is 8.79. The molecule has 4 rings (SSSR count). The van der Waals surface area contributed by atoms with Crippen molar-refractivity contribution in [2.24, 2.45) is 0 Å². The number of hydrogen-bond donors (Lipinski definition) is 1. The van der Waals surface area contributed by atoms with Gasteiger partial charge in [0.2, 0.25) is 5.91 Å². The highest BCUT2D eigenvalue weighted by Crippen LogP contribution is 2.42. The number of benzene rings is 2. The lowest BCUT2D eigenvalue weighted by Crippen LogP contribution is -2.25. The number of anilines is 1. The molecule has 0 saturated carbocycles. The van der Waals surface area contributed by atoms with E-state index in [-0.39, 0.29) is 11.8 Å². The zero-order chi connectivity index (χ0) is 19.0. The molecule has 27 heavy (non-hydrogen) atoms. The molecule has 1 unspecified atom stereocenters. The zero-order valence-corrected chi connectivity index (χ0v) is 15.5. The summed E-state index contributed by atoms with van der Waals surface area (Å²) in [5.41, 5.74) is 3.84. The average Bonchev–Trinajstić information content (AvgIpc) is 3.03. The summed E-state index contributed by atoms with van der Waals surface area (Å²) in [5.74, 6) is 1.93. The second-order valence-corrected chi connectivity index (χ2v) is 6.51. The Balaban J connectivity index is 1.85. The highest BCUT2D eigenvalue weighted by Gasteiger charge is 2.33. The van der Waals surface area contributed by atoms with Gasteiger partial charge in [0.05, 0.1) is 25.6 Å². The van der Waals surface area contributed by atoms with Gasteiger partial charge in [-0.05, 0) is 36.8 Å². The third-order valence-corrected chi connectivity index (χ3v) is 4.91. The van der Waals surface area contributed by atoms with E-state index in [2.05, 4.69) is 5.32 Å². The number of carbonyl (C=O) groups excluding carboxylic acids is 1. The summed E-state index contributed by atoms with van der Waals surface area (Å²) in [5, 5.41) is 7.70. The van der Waals surface area contributed by atoms with Gasteiger partial charge in [0.15, 0.2) is 11.5 Å². The molecule has 1 aliphatic heterocycles. The molecule has 2 heterocycles. The molecule has 6 heteroatoms. The molecule has 0 spiro atoms. The first-order chi connectivity index (χ1) is 13.1. The van der Waals surface area contributed by atoms with Crippen LogP contribution < -0.4 is 14.8 Å². The van der Waals surface area contributed by atoms with Gasteiger partial charge in [-0.1, -0.05) is 24.3 Å². The number of aryl methyl sites for hydroxylation is 1. The van der Waals surface area contributed by atoms with Crippen LogP contribution in [0, 0.1) is 6.92 Å². The molecule has 2 aromatic carbocycles. The van der Waals surface area contributed by atoms with Gasteiger partial charge >= 0.3 is 0 Å². The van der Waals surface area contributed by atoms with Crippen LogP contribution in [0.25, 0.3) is 5.69 Å². The van der Waals surface area contributed by atoms with Gasteiger partial charge < -0.3 is 14.8 Å². The lowest BCUT2D eigenvalue weighted by molar-refractivity contribution is -0.116. The minimum absolute atomic E-state index is 0.0284. The number of rotatable bonds is 4. The van der Waals surface area contributed by atoms with Crippen molar-refractivity contribution in [2.75, 3.05) is 19.5 Å². The van der Waals surface area contributed by atoms with Gasteiger partial charge in [0.1, 0.15) is 5.82 Å². The maximum absolute atomic E-state index is 12.5. The van der Waals surface area contributed by atoms with Gasteiger partial charge in [0.25, 0.3) is 0 Å². The number of methoxy groups -OCH3 is 2. The first-order valence-corrected chi connectivity index (χ1v) is 8.79. The van der Waals surface area contributed by atoms with Crippen molar-refractivity contribution in [1.82, 2.24) is 9.78 Å². The molecular formula is C21H21N3O3. The van der Waals surface area contributed by atoms with E-state index in [1.165, 1.54) is 0 Å². The highest BCUT2D eigenvalue weighted by atomic mass is 16.5. The van der Waals surface area contributed by atoms with Gasteiger partial charge in [-0.25, -0.2) is 4.68 Å². The smallest absolute Gasteiger partial charge is 0.226 e. The van der Waals surface area contributed by atoms with Crippen LogP contribution in [0.4, 0.5) is 5.82 Å². The number of carbonyl (C=O) groups is 1. The molecule has 0 fully saturated rings. The van der Waals surface area contributed by atoms with E-state index in [1.54, 1.807) is 18.9 Å². The lowest BCUT2D eigenvalue weighted by Gasteiger charge is -2.25. The summed E-state index contributed by atoms with van der Waals surface area (Å²) in [6, 6.07) is 15.6. The molecule has 3 aromatic rings. The maximum Gasteiger partial charge on any atom is 0.226 e. The Bertz CT molecular complexity index is 995. The molecule has 1 N–H and O–H groups in total. The minimum Gasteiger partial charge on any atom is -0.493 e. The Morgan fingerprint density at radius 3 is 2.52 bits per heavy atom. The molecule has 1 aromatic heterocycles. The SMILES string of the molecule is COc1ccc(C2CC(=O)Nc3c2c(C)nn3-c2ccccc2)cc1OC. The van der Waals surface area contributed by atoms with Crippen molar-refractivity contribution in [2.45, 2.75) is 19.3 Å². The predicted octanol–water partition coefficient (Wildman–Crippen LogP) is 3.67. The number of nitrogens with zero attached hydrogens (tertiary/aromatic N) is 2. The van der Waals surface area contributed by atoms with E-state index < -0.39 is 0 Å². The first kappa shape index (κ1) is 17.1. The van der Waals surface area contributed by atoms with Crippen LogP contribution in [-0.2, 0) is 4.79 Å². The number of fused-ring (bicyclic) bond motifs is 1. The number of aromatic nitrogens is 2. The topological polar surface area (TPSA) is 65.4 Å². The fourth-order valence-electron chi connectivity index (χ4n) is 3.66. The quantitative estimate of drug-likeness (QED) is 0.768. The number of para-hydroxylation sites is 1. The van der Waals surface area contributed by atoms with E-state index in [1.807, 2.05) is 55.5 Å². The van der Waals surface area contributed by atoms with E-state index in [0.717, 1.165) is 28.3 Å². The fraction of sp³-hybridized carbons (Fsp3) is 0.238. The molecule has 0 saturated heterocycles. The predicted molar refractivity (Wildman–Crippen MR) is 103 cm³/mol. The van der Waals surface area contributed by atoms with Crippen LogP contribution in [0.2, 0.25) is 0 Å². The Hall–Kier alpha value is -3.28. The van der Waals surface area contributed by atoms with Gasteiger partial charge in [-0.2, -0.15) is 5.10 Å². The molecule has 6 nitrogen and oxygen atoms in total. The Morgan fingerprint density at radius 2 is 1.81 bits per heavy atom. The van der Waals surface area contributed by atoms with Crippen molar-refractivity contribution >= 4 is 11.7 Å².